The van der Waals surface area contributed by atoms with Crippen molar-refractivity contribution >= 4 is 28.2 Å². The highest BCUT2D eigenvalue weighted by molar-refractivity contribution is 6.11. The molecule has 0 aliphatic carbocycles. The van der Waals surface area contributed by atoms with E-state index in [0.717, 1.165) is 27.8 Å². The summed E-state index contributed by atoms with van der Waals surface area (Å²) in [4.78, 5) is 27.2. The van der Waals surface area contributed by atoms with Crippen LogP contribution in [0.5, 0.6) is 5.75 Å². The van der Waals surface area contributed by atoms with E-state index in [4.69, 9.17) is 4.74 Å². The number of nitrogens with one attached hydrogen (secondary N) is 1. The first-order valence-electron chi connectivity index (χ1n) is 8.97. The highest BCUT2D eigenvalue weighted by Crippen LogP contribution is 2.39. The molecule has 5 heteroatoms. The Balaban J connectivity index is 1.63. The van der Waals surface area contributed by atoms with Crippen LogP contribution in [0.2, 0.25) is 0 Å². The van der Waals surface area contributed by atoms with E-state index < -0.39 is 0 Å². The fourth-order valence-electron chi connectivity index (χ4n) is 4.07. The number of nitrogens with zero attached hydrogens (tertiary/aromatic N) is 1. The molecule has 1 atom stereocenters. The lowest BCUT2D eigenvalue weighted by molar-refractivity contribution is 0.0921. The number of fused-ring (bicyclic) bond motifs is 1. The molecular formula is C22H18N2O3. The van der Waals surface area contributed by atoms with Crippen molar-refractivity contribution in [2.45, 2.75) is 12.6 Å². The summed E-state index contributed by atoms with van der Waals surface area (Å²) < 4.78 is 5.29. The van der Waals surface area contributed by atoms with E-state index in [1.807, 2.05) is 36.4 Å². The molecule has 0 saturated heterocycles. The van der Waals surface area contributed by atoms with E-state index in [2.05, 4.69) is 16.3 Å². The molecule has 1 N–H and O–H groups in total. The molecule has 0 fully saturated rings. The van der Waals surface area contributed by atoms with Gasteiger partial charge in [0.1, 0.15) is 11.9 Å². The fourth-order valence-corrected chi connectivity index (χ4v) is 4.07. The normalized spacial score (nSPS) is 18.3. The van der Waals surface area contributed by atoms with Crippen LogP contribution in [-0.2, 0) is 0 Å². The van der Waals surface area contributed by atoms with Crippen molar-refractivity contribution in [1.29, 1.82) is 0 Å². The van der Waals surface area contributed by atoms with Crippen LogP contribution >= 0.6 is 0 Å². The van der Waals surface area contributed by atoms with Gasteiger partial charge in [0.05, 0.1) is 18.4 Å². The number of anilines is 1. The monoisotopic (exact) mass is 358 g/mol. The van der Waals surface area contributed by atoms with Crippen LogP contribution < -0.4 is 15.0 Å². The number of ether oxygens (including phenoxy) is 1. The summed E-state index contributed by atoms with van der Waals surface area (Å²) in [6, 6.07) is 17.5. The van der Waals surface area contributed by atoms with Crippen LogP contribution in [0.1, 0.15) is 38.9 Å². The molecule has 1 unspecified atom stereocenters. The average Bonchev–Trinajstić information content (AvgIpc) is 2.71. The van der Waals surface area contributed by atoms with Gasteiger partial charge in [-0.3, -0.25) is 9.59 Å². The molecular weight excluding hydrogens is 340 g/mol. The summed E-state index contributed by atoms with van der Waals surface area (Å²) in [7, 11) is 1.65. The SMILES string of the molecule is COc1ccc2cc(C3NC(=O)c4cccc5c4N3CCC5=O)ccc2c1. The summed E-state index contributed by atoms with van der Waals surface area (Å²) in [5.74, 6) is 0.772. The molecule has 3 aromatic rings. The summed E-state index contributed by atoms with van der Waals surface area (Å²) in [6.07, 6.45) is 0.166. The Hall–Kier alpha value is -3.34. The third kappa shape index (κ3) is 2.39. The van der Waals surface area contributed by atoms with Gasteiger partial charge >= 0.3 is 0 Å². The topological polar surface area (TPSA) is 58.6 Å². The second-order valence-electron chi connectivity index (χ2n) is 6.92. The van der Waals surface area contributed by atoms with E-state index in [9.17, 15) is 9.59 Å². The number of carbonyl (C=O) groups excluding carboxylic acids is 2. The lowest BCUT2D eigenvalue weighted by Crippen LogP contribution is -2.49. The van der Waals surface area contributed by atoms with Crippen molar-refractivity contribution in [1.82, 2.24) is 5.32 Å². The number of ketones is 1. The average molecular weight is 358 g/mol. The van der Waals surface area contributed by atoms with Crippen LogP contribution in [0, 0.1) is 0 Å². The maximum absolute atomic E-state index is 12.7. The highest BCUT2D eigenvalue weighted by Gasteiger charge is 2.37. The number of rotatable bonds is 2. The Bertz CT molecular complexity index is 1090. The Kier molecular flexibility index (Phi) is 3.44. The molecule has 134 valence electrons. The Morgan fingerprint density at radius 1 is 1.00 bits per heavy atom. The molecule has 2 heterocycles. The van der Waals surface area contributed by atoms with Crippen LogP contribution in [0.4, 0.5) is 5.69 Å². The number of methoxy groups -OCH3 is 1. The first kappa shape index (κ1) is 15.9. The van der Waals surface area contributed by atoms with Gasteiger partial charge in [-0.2, -0.15) is 0 Å². The van der Waals surface area contributed by atoms with Gasteiger partial charge in [-0.05, 0) is 46.7 Å². The zero-order chi connectivity index (χ0) is 18.5. The zero-order valence-corrected chi connectivity index (χ0v) is 14.9. The van der Waals surface area contributed by atoms with Gasteiger partial charge in [0.25, 0.3) is 5.91 Å². The molecule has 5 rings (SSSR count). The number of hydrogen-bond donors (Lipinski definition) is 1. The maximum atomic E-state index is 12.7. The molecule has 1 amide bonds. The lowest BCUT2D eigenvalue weighted by atomic mass is 9.92. The van der Waals surface area contributed by atoms with E-state index >= 15 is 0 Å². The smallest absolute Gasteiger partial charge is 0.255 e. The summed E-state index contributed by atoms with van der Waals surface area (Å²) in [5, 5.41) is 5.26. The number of Topliss-reactive ketones (excluding diaryl/α,β-unsaturated/α-hetero) is 1. The largest absolute Gasteiger partial charge is 0.497 e. The van der Waals surface area contributed by atoms with E-state index in [1.165, 1.54) is 0 Å². The van der Waals surface area contributed by atoms with Gasteiger partial charge in [0.2, 0.25) is 0 Å². The molecule has 0 bridgehead atoms. The highest BCUT2D eigenvalue weighted by atomic mass is 16.5. The van der Waals surface area contributed by atoms with Crippen molar-refractivity contribution in [3.05, 3.63) is 71.3 Å². The third-order valence-corrected chi connectivity index (χ3v) is 5.41. The lowest BCUT2D eigenvalue weighted by Gasteiger charge is -2.42. The van der Waals surface area contributed by atoms with Gasteiger partial charge < -0.3 is 15.0 Å². The number of carbonyl (C=O) groups is 2. The minimum absolute atomic E-state index is 0.0992. The third-order valence-electron chi connectivity index (χ3n) is 5.41. The minimum atomic E-state index is -0.286. The van der Waals surface area contributed by atoms with Crippen molar-refractivity contribution in [3.63, 3.8) is 0 Å². The van der Waals surface area contributed by atoms with Crippen LogP contribution in [0.3, 0.4) is 0 Å². The number of amides is 1. The summed E-state index contributed by atoms with van der Waals surface area (Å²) in [6.45, 7) is 0.592. The maximum Gasteiger partial charge on any atom is 0.255 e. The second kappa shape index (κ2) is 5.84. The molecule has 2 aliphatic heterocycles. The molecule has 0 saturated carbocycles. The first-order chi connectivity index (χ1) is 13.2. The Morgan fingerprint density at radius 2 is 1.78 bits per heavy atom. The summed E-state index contributed by atoms with van der Waals surface area (Å²) >= 11 is 0. The predicted molar refractivity (Wildman–Crippen MR) is 103 cm³/mol. The Morgan fingerprint density at radius 3 is 2.63 bits per heavy atom. The van der Waals surface area contributed by atoms with Crippen molar-refractivity contribution in [2.24, 2.45) is 0 Å². The van der Waals surface area contributed by atoms with Crippen molar-refractivity contribution < 1.29 is 14.3 Å². The van der Waals surface area contributed by atoms with Crippen LogP contribution in [-0.4, -0.2) is 25.3 Å². The number of para-hydroxylation sites is 1. The van der Waals surface area contributed by atoms with Gasteiger partial charge in [-0.15, -0.1) is 0 Å². The molecule has 0 spiro atoms. The summed E-state index contributed by atoms with van der Waals surface area (Å²) in [5.41, 5.74) is 2.97. The molecule has 0 aromatic heterocycles. The second-order valence-corrected chi connectivity index (χ2v) is 6.92. The van der Waals surface area contributed by atoms with Crippen molar-refractivity contribution in [2.75, 3.05) is 18.6 Å². The Labute approximate surface area is 156 Å². The molecule has 5 nitrogen and oxygen atoms in total. The minimum Gasteiger partial charge on any atom is -0.497 e. The molecule has 2 aliphatic rings. The number of hydrogen-bond acceptors (Lipinski definition) is 4. The van der Waals surface area contributed by atoms with E-state index in [0.29, 0.717) is 24.1 Å². The molecule has 27 heavy (non-hydrogen) atoms. The van der Waals surface area contributed by atoms with Gasteiger partial charge in [-0.1, -0.05) is 24.3 Å². The first-order valence-corrected chi connectivity index (χ1v) is 8.97. The van der Waals surface area contributed by atoms with Gasteiger partial charge in [0, 0.05) is 18.5 Å². The number of benzene rings is 3. The molecule has 3 aromatic carbocycles. The van der Waals surface area contributed by atoms with E-state index in [-0.39, 0.29) is 17.9 Å². The quantitative estimate of drug-likeness (QED) is 0.759. The van der Waals surface area contributed by atoms with Gasteiger partial charge in [-0.25, -0.2) is 0 Å². The van der Waals surface area contributed by atoms with Crippen molar-refractivity contribution in [3.8, 4) is 5.75 Å². The fraction of sp³-hybridized carbons (Fsp3) is 0.182. The van der Waals surface area contributed by atoms with Crippen LogP contribution in [0.25, 0.3) is 10.8 Å². The standard InChI is InChI=1S/C22H18N2O3/c1-27-16-8-7-13-11-15(6-5-14(13)12-16)21-23-22(26)18-4-2-3-17-19(25)9-10-24(21)20(17)18/h2-8,11-12,21H,9-10H2,1H3,(H,23,26). The zero-order valence-electron chi connectivity index (χ0n) is 14.9. The predicted octanol–water partition coefficient (Wildman–Crippen LogP) is 3.68. The molecule has 0 radical (unpaired) electrons. The van der Waals surface area contributed by atoms with E-state index in [1.54, 1.807) is 19.2 Å². The van der Waals surface area contributed by atoms with Gasteiger partial charge in [0.15, 0.2) is 5.78 Å². The van der Waals surface area contributed by atoms with Crippen LogP contribution in [0.15, 0.2) is 54.6 Å².